The van der Waals surface area contributed by atoms with E-state index in [0.717, 1.165) is 30.8 Å². The molecule has 0 saturated carbocycles. The topological polar surface area (TPSA) is 123 Å². The summed E-state index contributed by atoms with van der Waals surface area (Å²) in [5.41, 5.74) is 0.578. The normalized spacial score (nSPS) is 16.4. The second kappa shape index (κ2) is 9.42. The van der Waals surface area contributed by atoms with Crippen LogP contribution in [0.1, 0.15) is 18.4 Å². The molecule has 0 bridgehead atoms. The van der Waals surface area contributed by atoms with E-state index < -0.39 is 11.0 Å². The number of nitrogens with one attached hydrogen (secondary N) is 1. The minimum atomic E-state index is -0.686. The number of hydrogen-bond donors (Lipinski definition) is 1. The van der Waals surface area contributed by atoms with Crippen molar-refractivity contribution in [3.05, 3.63) is 39.9 Å². The molecule has 0 radical (unpaired) electrons. The lowest BCUT2D eigenvalue weighted by atomic mass is 10.2. The second-order valence-electron chi connectivity index (χ2n) is 7.31. The largest absolute Gasteiger partial charge is 0.444 e. The Kier molecular flexibility index (Phi) is 6.70. The van der Waals surface area contributed by atoms with Gasteiger partial charge in [-0.05, 0) is 30.5 Å². The summed E-state index contributed by atoms with van der Waals surface area (Å²) in [4.78, 5) is 41.4. The Hall–Kier alpha value is -3.37. The molecule has 2 aliphatic rings. The molecule has 1 aromatic rings. The van der Waals surface area contributed by atoms with Crippen LogP contribution in [0.2, 0.25) is 0 Å². The molecule has 0 spiro atoms. The Balaban J connectivity index is 1.45. The van der Waals surface area contributed by atoms with Crippen molar-refractivity contribution < 1.29 is 19.2 Å². The van der Waals surface area contributed by atoms with Crippen molar-refractivity contribution in [2.45, 2.75) is 19.4 Å². The van der Waals surface area contributed by atoms with Crippen LogP contribution in [0.15, 0.2) is 24.3 Å². The molecule has 11 heteroatoms. The van der Waals surface area contributed by atoms with Gasteiger partial charge in [0.05, 0.1) is 4.92 Å². The zero-order valence-electron chi connectivity index (χ0n) is 17.0. The van der Waals surface area contributed by atoms with Crippen LogP contribution < -0.4 is 0 Å². The van der Waals surface area contributed by atoms with Crippen LogP contribution in [-0.2, 0) is 11.3 Å². The van der Waals surface area contributed by atoms with Gasteiger partial charge in [-0.3, -0.25) is 20.4 Å². The number of amides is 3. The SMILES string of the molecule is CN(C(=N)N1CCN(C(=O)N2CCCC2)CC1)C(=O)OCc1ccc([N+](=O)[O-])cc1. The van der Waals surface area contributed by atoms with Gasteiger partial charge in [0.2, 0.25) is 5.96 Å². The number of hydrogen-bond acceptors (Lipinski definition) is 6. The van der Waals surface area contributed by atoms with Gasteiger partial charge in [-0.1, -0.05) is 0 Å². The van der Waals surface area contributed by atoms with Crippen molar-refractivity contribution in [3.63, 3.8) is 0 Å². The Bertz CT molecular complexity index is 800. The Labute approximate surface area is 174 Å². The molecule has 11 nitrogen and oxygen atoms in total. The van der Waals surface area contributed by atoms with Gasteiger partial charge in [-0.2, -0.15) is 0 Å². The van der Waals surface area contributed by atoms with Gasteiger partial charge in [-0.25, -0.2) is 9.59 Å². The molecular formula is C19H26N6O5. The molecule has 2 aliphatic heterocycles. The van der Waals surface area contributed by atoms with Gasteiger partial charge in [-0.15, -0.1) is 0 Å². The van der Waals surface area contributed by atoms with E-state index in [-0.39, 0.29) is 24.3 Å². The van der Waals surface area contributed by atoms with Gasteiger partial charge in [0.15, 0.2) is 0 Å². The number of likely N-dealkylation sites (tertiary alicyclic amines) is 1. The average molecular weight is 418 g/mol. The quantitative estimate of drug-likeness (QED) is 0.346. The minimum absolute atomic E-state index is 0.0111. The standard InChI is InChI=1S/C19H26N6O5/c1-21(19(27)30-14-15-4-6-16(7-5-15)25(28)29)17(20)22-10-12-24(13-11-22)18(26)23-8-2-3-9-23/h4-7,20H,2-3,8-14H2,1H3. The maximum absolute atomic E-state index is 12.5. The molecule has 2 saturated heterocycles. The van der Waals surface area contributed by atoms with Crippen molar-refractivity contribution in [2.75, 3.05) is 46.3 Å². The molecule has 0 aliphatic carbocycles. The summed E-state index contributed by atoms with van der Waals surface area (Å²) in [7, 11) is 1.46. The first-order chi connectivity index (χ1) is 14.4. The second-order valence-corrected chi connectivity index (χ2v) is 7.31. The summed E-state index contributed by atoms with van der Waals surface area (Å²) >= 11 is 0. The third-order valence-corrected chi connectivity index (χ3v) is 5.33. The fourth-order valence-electron chi connectivity index (χ4n) is 3.47. The number of non-ortho nitro benzene ring substituents is 1. The van der Waals surface area contributed by atoms with E-state index >= 15 is 0 Å². The molecule has 0 aromatic heterocycles. The highest BCUT2D eigenvalue weighted by Gasteiger charge is 2.29. The molecular weight excluding hydrogens is 392 g/mol. The van der Waals surface area contributed by atoms with Gasteiger partial charge in [0, 0.05) is 58.4 Å². The molecule has 3 amide bonds. The number of nitrogens with zero attached hydrogens (tertiary/aromatic N) is 5. The summed E-state index contributed by atoms with van der Waals surface area (Å²) in [5, 5.41) is 19.0. The van der Waals surface area contributed by atoms with E-state index in [9.17, 15) is 19.7 Å². The van der Waals surface area contributed by atoms with E-state index in [1.54, 1.807) is 9.80 Å². The molecule has 30 heavy (non-hydrogen) atoms. The van der Waals surface area contributed by atoms with Crippen molar-refractivity contribution in [1.82, 2.24) is 19.6 Å². The first-order valence-corrected chi connectivity index (χ1v) is 9.88. The highest BCUT2D eigenvalue weighted by Crippen LogP contribution is 2.15. The number of benzene rings is 1. The van der Waals surface area contributed by atoms with E-state index in [1.165, 1.54) is 31.3 Å². The molecule has 0 atom stereocenters. The van der Waals surface area contributed by atoms with Crippen molar-refractivity contribution in [2.24, 2.45) is 0 Å². The molecule has 1 N–H and O–H groups in total. The van der Waals surface area contributed by atoms with Crippen molar-refractivity contribution in [1.29, 1.82) is 5.41 Å². The summed E-state index contributed by atoms with van der Waals surface area (Å²) in [6.07, 6.45) is 1.40. The smallest absolute Gasteiger partial charge is 0.416 e. The predicted octanol–water partition coefficient (Wildman–Crippen LogP) is 1.93. The monoisotopic (exact) mass is 418 g/mol. The van der Waals surface area contributed by atoms with Gasteiger partial charge in [0.25, 0.3) is 5.69 Å². The number of carbonyl (C=O) groups is 2. The van der Waals surface area contributed by atoms with Gasteiger partial charge < -0.3 is 19.4 Å². The summed E-state index contributed by atoms with van der Waals surface area (Å²) < 4.78 is 5.21. The first-order valence-electron chi connectivity index (χ1n) is 9.88. The van der Waals surface area contributed by atoms with Crippen LogP contribution in [0, 0.1) is 15.5 Å². The minimum Gasteiger partial charge on any atom is -0.444 e. The highest BCUT2D eigenvalue weighted by molar-refractivity contribution is 5.92. The van der Waals surface area contributed by atoms with Crippen LogP contribution in [0.4, 0.5) is 15.3 Å². The lowest BCUT2D eigenvalue weighted by Crippen LogP contribution is -2.56. The fraction of sp³-hybridized carbons (Fsp3) is 0.526. The van der Waals surface area contributed by atoms with Crippen LogP contribution in [0.25, 0.3) is 0 Å². The van der Waals surface area contributed by atoms with Gasteiger partial charge in [0.1, 0.15) is 6.61 Å². The summed E-state index contributed by atoms with van der Waals surface area (Å²) in [6, 6.07) is 5.78. The number of urea groups is 1. The first kappa shape index (κ1) is 21.3. The number of nitro benzene ring substituents is 1. The van der Waals surface area contributed by atoms with Crippen molar-refractivity contribution in [3.8, 4) is 0 Å². The molecule has 2 heterocycles. The van der Waals surface area contributed by atoms with Crippen LogP contribution in [-0.4, -0.2) is 88.9 Å². The maximum Gasteiger partial charge on any atom is 0.416 e. The number of ether oxygens (including phenoxy) is 1. The van der Waals surface area contributed by atoms with E-state index in [0.29, 0.717) is 31.7 Å². The fourth-order valence-corrected chi connectivity index (χ4v) is 3.47. The maximum atomic E-state index is 12.5. The lowest BCUT2D eigenvalue weighted by molar-refractivity contribution is -0.384. The number of nitro groups is 1. The van der Waals surface area contributed by atoms with E-state index in [2.05, 4.69) is 0 Å². The molecule has 1 aromatic carbocycles. The van der Waals surface area contributed by atoms with Crippen LogP contribution in [0.5, 0.6) is 0 Å². The van der Waals surface area contributed by atoms with E-state index in [1.807, 2.05) is 4.90 Å². The number of carbonyl (C=O) groups excluding carboxylic acids is 2. The van der Waals surface area contributed by atoms with Crippen LogP contribution >= 0.6 is 0 Å². The summed E-state index contributed by atoms with van der Waals surface area (Å²) in [6.45, 7) is 3.51. The van der Waals surface area contributed by atoms with Crippen molar-refractivity contribution >= 4 is 23.8 Å². The predicted molar refractivity (Wildman–Crippen MR) is 108 cm³/mol. The lowest BCUT2D eigenvalue weighted by Gasteiger charge is -2.38. The van der Waals surface area contributed by atoms with E-state index in [4.69, 9.17) is 10.1 Å². The summed E-state index contributed by atoms with van der Waals surface area (Å²) in [5.74, 6) is 0.0111. The molecule has 3 rings (SSSR count). The molecule has 2 fully saturated rings. The third-order valence-electron chi connectivity index (χ3n) is 5.33. The average Bonchev–Trinajstić information content (AvgIpc) is 3.31. The van der Waals surface area contributed by atoms with Gasteiger partial charge >= 0.3 is 12.1 Å². The Morgan fingerprint density at radius 2 is 1.57 bits per heavy atom. The molecule has 0 unspecified atom stereocenters. The van der Waals surface area contributed by atoms with Crippen LogP contribution in [0.3, 0.4) is 0 Å². The zero-order chi connectivity index (χ0) is 21.7. The Morgan fingerprint density at radius 3 is 2.13 bits per heavy atom. The highest BCUT2D eigenvalue weighted by atomic mass is 16.6. The zero-order valence-corrected chi connectivity index (χ0v) is 17.0. The third kappa shape index (κ3) is 4.97. The number of rotatable bonds is 3. The number of guanidine groups is 1. The Morgan fingerprint density at radius 1 is 1.03 bits per heavy atom. The number of piperazine rings is 1. The molecule has 162 valence electrons.